The molecule has 125 heavy (non-hydrogen) atoms. The van der Waals surface area contributed by atoms with Crippen molar-refractivity contribution in [3.05, 3.63) is 448 Å². The Morgan fingerprint density at radius 3 is 0.744 bits per heavy atom. The normalized spacial score (nSPS) is 11.5. The van der Waals surface area contributed by atoms with E-state index in [1.165, 1.54) is 0 Å². The molecule has 23 rings (SSSR count). The standard InChI is InChI=1S/C113H72N12/c114-73-96-107(122-98-52-23-16-44-89(98)90-45-17-24-53-99(90)122)108(123-100-54-25-18-46-91(100)92-47-19-26-55-101(92)123)97(74-115)110(109(96)124-102-56-27-20-48-93(102)94-49-21-28-57-103(94)124)125-104-58-29-22-50-95(104)106-88(51-31-59-105(106)125)77-34-30-35-78(72-77)113-117-111(75-32-6-1-7-33-75)116-112(118-113)76-60-62-83(63-61-76)121(86-68-64-84(65-69-86)119(79-36-8-2-9-37-79)80-38-10-3-11-39-80)87-70-66-85(67-71-87)120(81-40-12-4-13-41-81)82-42-14-5-15-43-82/h1-72H. The summed E-state index contributed by atoms with van der Waals surface area (Å²) in [6.45, 7) is 0. The van der Waals surface area contributed by atoms with E-state index in [1.807, 2.05) is 30.3 Å². The second-order valence-electron chi connectivity index (χ2n) is 31.2. The van der Waals surface area contributed by atoms with Gasteiger partial charge in [0.25, 0.3) is 0 Å². The third kappa shape index (κ3) is 12.2. The Kier molecular flexibility index (Phi) is 17.7. The van der Waals surface area contributed by atoms with E-state index in [0.29, 0.717) is 51.3 Å². The van der Waals surface area contributed by atoms with Gasteiger partial charge in [0.1, 0.15) is 23.3 Å². The first-order chi connectivity index (χ1) is 62.0. The Bertz CT molecular complexity index is 7860. The van der Waals surface area contributed by atoms with Crippen molar-refractivity contribution in [1.82, 2.24) is 33.2 Å². The van der Waals surface area contributed by atoms with Crippen LogP contribution >= 0.6 is 0 Å². The lowest BCUT2D eigenvalue weighted by Crippen LogP contribution is -2.16. The van der Waals surface area contributed by atoms with Gasteiger partial charge in [0, 0.05) is 111 Å². The fourth-order valence-electron chi connectivity index (χ4n) is 18.9. The van der Waals surface area contributed by atoms with Crippen LogP contribution in [-0.4, -0.2) is 33.2 Å². The van der Waals surface area contributed by atoms with Crippen molar-refractivity contribution in [3.63, 3.8) is 0 Å². The molecule has 5 heterocycles. The molecule has 0 saturated heterocycles. The molecule has 0 spiro atoms. The summed E-state index contributed by atoms with van der Waals surface area (Å²) in [4.78, 5) is 23.0. The van der Waals surface area contributed by atoms with Crippen LogP contribution in [0.4, 0.5) is 51.2 Å². The summed E-state index contributed by atoms with van der Waals surface area (Å²) >= 11 is 0. The quantitative estimate of drug-likeness (QED) is 0.0885. The Morgan fingerprint density at radius 1 is 0.192 bits per heavy atom. The summed E-state index contributed by atoms with van der Waals surface area (Å²) in [6.07, 6.45) is 0. The second-order valence-corrected chi connectivity index (χ2v) is 31.2. The van der Waals surface area contributed by atoms with Gasteiger partial charge in [-0.3, -0.25) is 0 Å². The van der Waals surface area contributed by atoms with Gasteiger partial charge in [-0.2, -0.15) is 10.5 Å². The highest BCUT2D eigenvalue weighted by atomic mass is 15.2. The van der Waals surface area contributed by atoms with Crippen molar-refractivity contribution in [2.75, 3.05) is 14.7 Å². The van der Waals surface area contributed by atoms with E-state index in [2.05, 4.69) is 452 Å². The Labute approximate surface area is 720 Å². The minimum Gasteiger partial charge on any atom is -0.311 e. The van der Waals surface area contributed by atoms with Crippen LogP contribution in [0, 0.1) is 22.7 Å². The Hall–Kier alpha value is -17.5. The topological polar surface area (TPSA) is 116 Å². The molecule has 0 aliphatic heterocycles. The van der Waals surface area contributed by atoms with Crippen LogP contribution in [0.3, 0.4) is 0 Å². The third-order valence-corrected chi connectivity index (χ3v) is 24.2. The number of fused-ring (bicyclic) bond motifs is 12. The zero-order chi connectivity index (χ0) is 83.0. The van der Waals surface area contributed by atoms with Crippen LogP contribution in [-0.2, 0) is 0 Å². The van der Waals surface area contributed by atoms with Crippen molar-refractivity contribution < 1.29 is 0 Å². The molecule has 0 unspecified atom stereocenters. The molecule has 23 aromatic rings. The van der Waals surface area contributed by atoms with Crippen LogP contribution in [0.2, 0.25) is 0 Å². The van der Waals surface area contributed by atoms with E-state index in [9.17, 15) is 10.5 Å². The van der Waals surface area contributed by atoms with Crippen molar-refractivity contribution in [2.45, 2.75) is 0 Å². The number of hydrogen-bond acceptors (Lipinski definition) is 8. The lowest BCUT2D eigenvalue weighted by Gasteiger charge is -2.29. The highest BCUT2D eigenvalue weighted by molar-refractivity contribution is 6.19. The molecule has 584 valence electrons. The van der Waals surface area contributed by atoms with Gasteiger partial charge in [-0.05, 0) is 187 Å². The first-order valence-corrected chi connectivity index (χ1v) is 41.9. The van der Waals surface area contributed by atoms with Crippen molar-refractivity contribution in [2.24, 2.45) is 0 Å². The highest BCUT2D eigenvalue weighted by Crippen LogP contribution is 2.51. The fourth-order valence-corrected chi connectivity index (χ4v) is 18.9. The maximum Gasteiger partial charge on any atom is 0.164 e. The van der Waals surface area contributed by atoms with Gasteiger partial charge in [0.15, 0.2) is 17.5 Å². The van der Waals surface area contributed by atoms with Crippen LogP contribution in [0.25, 0.3) is 155 Å². The molecule has 12 nitrogen and oxygen atoms in total. The van der Waals surface area contributed by atoms with Gasteiger partial charge < -0.3 is 33.0 Å². The molecule has 18 aromatic carbocycles. The number of aromatic nitrogens is 7. The highest BCUT2D eigenvalue weighted by Gasteiger charge is 2.35. The SMILES string of the molecule is N#Cc1c(-n2c3ccccc3c3ccccc32)c(-n2c3ccccc3c3ccccc32)c(C#N)c(-n2c3ccccc3c3c(-c4cccc(-c5nc(-c6ccccc6)nc(-c6ccc(N(c7ccc(N(c8ccccc8)c8ccccc8)cc7)c7ccc(N(c8ccccc8)c8ccccc8)cc7)cc6)n5)c4)cccc32)c1-n1c2ccccc2c2ccccc21. The molecular weight excluding hydrogens is 1530 g/mol. The number of benzene rings is 18. The van der Waals surface area contributed by atoms with Crippen LogP contribution in [0.1, 0.15) is 11.1 Å². The second kappa shape index (κ2) is 30.4. The fraction of sp³-hybridized carbons (Fsp3) is 0. The molecule has 0 radical (unpaired) electrons. The average Bonchev–Trinajstić information content (AvgIpc) is 1.55. The maximum atomic E-state index is 13.1. The van der Waals surface area contributed by atoms with Crippen LogP contribution < -0.4 is 14.7 Å². The van der Waals surface area contributed by atoms with Gasteiger partial charge in [0.2, 0.25) is 0 Å². The summed E-state index contributed by atoms with van der Waals surface area (Å²) in [5, 5.41) is 34.0. The van der Waals surface area contributed by atoms with E-state index < -0.39 is 0 Å². The number of anilines is 9. The molecule has 0 fully saturated rings. The van der Waals surface area contributed by atoms with E-state index in [4.69, 9.17) is 15.0 Å². The lowest BCUT2D eigenvalue weighted by atomic mass is 9.97. The first kappa shape index (κ1) is 72.8. The monoisotopic (exact) mass is 1600 g/mol. The number of rotatable bonds is 17. The summed E-state index contributed by atoms with van der Waals surface area (Å²) in [6, 6.07) is 158. The maximum absolute atomic E-state index is 13.1. The molecule has 0 N–H and O–H groups in total. The summed E-state index contributed by atoms with van der Waals surface area (Å²) in [7, 11) is 0. The number of hydrogen-bond donors (Lipinski definition) is 0. The van der Waals surface area contributed by atoms with E-state index >= 15 is 0 Å². The Morgan fingerprint density at radius 2 is 0.416 bits per heavy atom. The summed E-state index contributed by atoms with van der Waals surface area (Å²) in [5.41, 5.74) is 23.4. The Balaban J connectivity index is 0.701. The number of para-hydroxylation sites is 11. The average molecular weight is 1600 g/mol. The third-order valence-electron chi connectivity index (χ3n) is 24.2. The molecule has 0 atom stereocenters. The van der Waals surface area contributed by atoms with E-state index in [-0.39, 0.29) is 0 Å². The summed E-state index contributed by atoms with van der Waals surface area (Å²) in [5.74, 6) is 1.53. The molecule has 0 aliphatic carbocycles. The zero-order valence-electron chi connectivity index (χ0n) is 67.4. The molecule has 0 amide bonds. The van der Waals surface area contributed by atoms with Gasteiger partial charge in [-0.1, -0.05) is 261 Å². The zero-order valence-corrected chi connectivity index (χ0v) is 67.4. The van der Waals surface area contributed by atoms with Gasteiger partial charge in [-0.25, -0.2) is 15.0 Å². The number of nitriles is 2. The molecular formula is C113H72N12. The molecule has 0 aliphatic rings. The van der Waals surface area contributed by atoms with Crippen molar-refractivity contribution in [1.29, 1.82) is 10.5 Å². The largest absolute Gasteiger partial charge is 0.311 e. The lowest BCUT2D eigenvalue weighted by molar-refractivity contribution is 1.02. The minimum absolute atomic E-state index is 0.368. The minimum atomic E-state index is 0.368. The van der Waals surface area contributed by atoms with Crippen molar-refractivity contribution in [3.8, 4) is 80.2 Å². The molecule has 0 bridgehead atoms. The van der Waals surface area contributed by atoms with Crippen molar-refractivity contribution >= 4 is 138 Å². The number of nitrogens with zero attached hydrogens (tertiary/aromatic N) is 12. The molecule has 12 heteroatoms. The van der Waals surface area contributed by atoms with E-state index in [1.54, 1.807) is 0 Å². The van der Waals surface area contributed by atoms with Crippen LogP contribution in [0.15, 0.2) is 437 Å². The van der Waals surface area contributed by atoms with Gasteiger partial charge >= 0.3 is 0 Å². The first-order valence-electron chi connectivity index (χ1n) is 41.9. The predicted octanol–water partition coefficient (Wildman–Crippen LogP) is 29.1. The van der Waals surface area contributed by atoms with Gasteiger partial charge in [-0.15, -0.1) is 0 Å². The molecule has 0 saturated carbocycles. The predicted molar refractivity (Wildman–Crippen MR) is 512 cm³/mol. The smallest absolute Gasteiger partial charge is 0.164 e. The van der Waals surface area contributed by atoms with Crippen LogP contribution in [0.5, 0.6) is 0 Å². The van der Waals surface area contributed by atoms with E-state index in [0.717, 1.165) is 166 Å². The van der Waals surface area contributed by atoms with Gasteiger partial charge in [0.05, 0.1) is 66.9 Å². The molecule has 5 aromatic heterocycles. The summed E-state index contributed by atoms with van der Waals surface area (Å²) < 4.78 is 9.00.